The molecule has 0 aliphatic carbocycles. The molecule has 0 spiro atoms. The van der Waals surface area contributed by atoms with Gasteiger partial charge in [0.1, 0.15) is 6.17 Å². The third kappa shape index (κ3) is 2.43. The van der Waals surface area contributed by atoms with E-state index in [1.54, 1.807) is 22.6 Å². The zero-order chi connectivity index (χ0) is 12.6. The third-order valence-corrected chi connectivity index (χ3v) is 3.30. The molecular weight excluding hydrogens is 346 g/mol. The van der Waals surface area contributed by atoms with Crippen LogP contribution in [-0.2, 0) is 4.74 Å². The Labute approximate surface area is 109 Å². The topological polar surface area (TPSA) is 84.3 Å². The number of H-pyrrole nitrogens is 1. The molecule has 0 aromatic carbocycles. The fraction of sp³-hybridized carbons (Fsp3) is 0.556. The third-order valence-electron chi connectivity index (χ3n) is 2.53. The maximum absolute atomic E-state index is 13.6. The first-order chi connectivity index (χ1) is 8.02. The predicted octanol–water partition coefficient (Wildman–Crippen LogP) is -0.241. The number of halogens is 2. The number of ether oxygens (including phenoxy) is 1. The van der Waals surface area contributed by atoms with Crippen molar-refractivity contribution in [1.29, 1.82) is 0 Å². The average Bonchev–Trinajstić information content (AvgIpc) is 2.65. The summed E-state index contributed by atoms with van der Waals surface area (Å²) in [7, 11) is 0. The molecule has 1 aromatic rings. The summed E-state index contributed by atoms with van der Waals surface area (Å²) in [6.07, 6.45) is -1.81. The van der Waals surface area contributed by atoms with Crippen molar-refractivity contribution >= 4 is 22.6 Å². The first kappa shape index (κ1) is 12.7. The monoisotopic (exact) mass is 356 g/mol. The second-order valence-corrected chi connectivity index (χ2v) is 4.89. The van der Waals surface area contributed by atoms with E-state index in [9.17, 15) is 14.0 Å². The Kier molecular flexibility index (Phi) is 3.64. The van der Waals surface area contributed by atoms with Crippen LogP contribution in [0.4, 0.5) is 4.39 Å². The van der Waals surface area contributed by atoms with Crippen molar-refractivity contribution in [2.45, 2.75) is 24.9 Å². The van der Waals surface area contributed by atoms with Gasteiger partial charge in [-0.1, -0.05) is 0 Å². The second kappa shape index (κ2) is 4.86. The molecule has 1 aliphatic heterocycles. The molecule has 1 fully saturated rings. The molecule has 17 heavy (non-hydrogen) atoms. The van der Waals surface area contributed by atoms with Crippen LogP contribution in [-0.4, -0.2) is 33.5 Å². The Balaban J connectivity index is 2.38. The summed E-state index contributed by atoms with van der Waals surface area (Å²) in [5, 5.41) is 8.88. The molecule has 0 unspecified atom stereocenters. The van der Waals surface area contributed by atoms with E-state index < -0.39 is 29.8 Å². The molecule has 1 aromatic heterocycles. The molecule has 0 saturated carbocycles. The van der Waals surface area contributed by atoms with Crippen LogP contribution in [0, 0.1) is 3.57 Å². The van der Waals surface area contributed by atoms with Crippen LogP contribution >= 0.6 is 22.6 Å². The van der Waals surface area contributed by atoms with E-state index in [0.29, 0.717) is 0 Å². The van der Waals surface area contributed by atoms with Gasteiger partial charge >= 0.3 is 5.69 Å². The second-order valence-electron chi connectivity index (χ2n) is 3.73. The molecule has 1 saturated heterocycles. The molecule has 0 radical (unpaired) electrons. The zero-order valence-corrected chi connectivity index (χ0v) is 10.8. The van der Waals surface area contributed by atoms with Crippen LogP contribution in [0.15, 0.2) is 15.8 Å². The normalized spacial score (nSPS) is 28.5. The van der Waals surface area contributed by atoms with Gasteiger partial charge < -0.3 is 9.84 Å². The summed E-state index contributed by atoms with van der Waals surface area (Å²) >= 11 is 1.74. The molecule has 0 amide bonds. The van der Waals surface area contributed by atoms with E-state index >= 15 is 0 Å². The fourth-order valence-corrected chi connectivity index (χ4v) is 2.15. The molecular formula is C9H10FIN2O4. The van der Waals surface area contributed by atoms with Crippen molar-refractivity contribution in [3.8, 4) is 0 Å². The SMILES string of the molecule is O=c1[nH]c(=O)n([C@@H]2O[C@H](CO)C[C@@H]2F)cc1I. The highest BCUT2D eigenvalue weighted by molar-refractivity contribution is 14.1. The number of hydrogen-bond donors (Lipinski definition) is 2. The summed E-state index contributed by atoms with van der Waals surface area (Å²) in [6.45, 7) is -0.299. The van der Waals surface area contributed by atoms with Gasteiger partial charge in [0, 0.05) is 12.6 Å². The maximum atomic E-state index is 13.6. The number of aromatic amines is 1. The Bertz CT molecular complexity index is 528. The lowest BCUT2D eigenvalue weighted by atomic mass is 10.2. The highest BCUT2D eigenvalue weighted by atomic mass is 127. The largest absolute Gasteiger partial charge is 0.394 e. The first-order valence-electron chi connectivity index (χ1n) is 4.94. The molecule has 2 rings (SSSR count). The number of rotatable bonds is 2. The minimum Gasteiger partial charge on any atom is -0.394 e. The maximum Gasteiger partial charge on any atom is 0.330 e. The van der Waals surface area contributed by atoms with Crippen molar-refractivity contribution in [2.75, 3.05) is 6.61 Å². The van der Waals surface area contributed by atoms with E-state index in [2.05, 4.69) is 4.98 Å². The number of alkyl halides is 1. The van der Waals surface area contributed by atoms with Gasteiger partial charge in [0.25, 0.3) is 5.56 Å². The minimum absolute atomic E-state index is 0.0311. The molecule has 2 N–H and O–H groups in total. The van der Waals surface area contributed by atoms with Crippen molar-refractivity contribution in [3.05, 3.63) is 30.6 Å². The fourth-order valence-electron chi connectivity index (χ4n) is 1.71. The molecule has 1 aliphatic rings. The van der Waals surface area contributed by atoms with Crippen molar-refractivity contribution in [2.24, 2.45) is 0 Å². The quantitative estimate of drug-likeness (QED) is 0.717. The number of aromatic nitrogens is 2. The molecule has 94 valence electrons. The Hall–Kier alpha value is -0.740. The van der Waals surface area contributed by atoms with Crippen LogP contribution < -0.4 is 11.2 Å². The molecule has 0 bridgehead atoms. The molecule has 2 heterocycles. The number of aliphatic hydroxyl groups excluding tert-OH is 1. The highest BCUT2D eigenvalue weighted by Gasteiger charge is 2.37. The number of hydrogen-bond acceptors (Lipinski definition) is 4. The van der Waals surface area contributed by atoms with Crippen molar-refractivity contribution in [3.63, 3.8) is 0 Å². The smallest absolute Gasteiger partial charge is 0.330 e. The van der Waals surface area contributed by atoms with E-state index in [1.807, 2.05) is 0 Å². The lowest BCUT2D eigenvalue weighted by Gasteiger charge is -2.16. The summed E-state index contributed by atoms with van der Waals surface area (Å²) < 4.78 is 20.1. The number of nitrogens with one attached hydrogen (secondary N) is 1. The van der Waals surface area contributed by atoms with E-state index in [0.717, 1.165) is 4.57 Å². The van der Waals surface area contributed by atoms with E-state index in [4.69, 9.17) is 9.84 Å². The van der Waals surface area contributed by atoms with Gasteiger partial charge in [0.05, 0.1) is 16.3 Å². The van der Waals surface area contributed by atoms with Gasteiger partial charge in [-0.25, -0.2) is 9.18 Å². The standard InChI is InChI=1S/C9H10FIN2O4/c10-5-1-4(3-14)17-8(5)13-2-6(11)7(15)12-9(13)16/h2,4-5,8,14H,1,3H2,(H,12,15,16)/t4-,5-,8+/m0/s1. The molecule has 3 atom stereocenters. The van der Waals surface area contributed by atoms with E-state index in [1.165, 1.54) is 6.20 Å². The van der Waals surface area contributed by atoms with E-state index in [-0.39, 0.29) is 16.6 Å². The molecule has 8 heteroatoms. The van der Waals surface area contributed by atoms with Crippen molar-refractivity contribution in [1.82, 2.24) is 9.55 Å². The summed E-state index contributed by atoms with van der Waals surface area (Å²) in [6, 6.07) is 0. The first-order valence-corrected chi connectivity index (χ1v) is 6.02. The van der Waals surface area contributed by atoms with Gasteiger partial charge in [-0.05, 0) is 22.6 Å². The van der Waals surface area contributed by atoms with Crippen LogP contribution in [0.25, 0.3) is 0 Å². The number of nitrogens with zero attached hydrogens (tertiary/aromatic N) is 1. The van der Waals surface area contributed by atoms with Crippen LogP contribution in [0.5, 0.6) is 0 Å². The Morgan fingerprint density at radius 3 is 2.94 bits per heavy atom. The lowest BCUT2D eigenvalue weighted by Crippen LogP contribution is -2.35. The summed E-state index contributed by atoms with van der Waals surface area (Å²) in [5.41, 5.74) is -1.24. The minimum atomic E-state index is -1.38. The summed E-state index contributed by atoms with van der Waals surface area (Å²) in [4.78, 5) is 24.7. The van der Waals surface area contributed by atoms with Crippen LogP contribution in [0.2, 0.25) is 0 Å². The Morgan fingerprint density at radius 2 is 2.35 bits per heavy atom. The molecule has 6 nitrogen and oxygen atoms in total. The van der Waals surface area contributed by atoms with Crippen molar-refractivity contribution < 1.29 is 14.2 Å². The van der Waals surface area contributed by atoms with Gasteiger partial charge in [0.2, 0.25) is 0 Å². The highest BCUT2D eigenvalue weighted by Crippen LogP contribution is 2.29. The predicted molar refractivity (Wildman–Crippen MR) is 64.5 cm³/mol. The summed E-state index contributed by atoms with van der Waals surface area (Å²) in [5.74, 6) is 0. The Morgan fingerprint density at radius 1 is 1.65 bits per heavy atom. The van der Waals surface area contributed by atoms with Gasteiger partial charge in [-0.2, -0.15) is 0 Å². The zero-order valence-electron chi connectivity index (χ0n) is 8.60. The van der Waals surface area contributed by atoms with Gasteiger partial charge in [0.15, 0.2) is 6.23 Å². The number of aliphatic hydroxyl groups is 1. The average molecular weight is 356 g/mol. The van der Waals surface area contributed by atoms with Crippen LogP contribution in [0.3, 0.4) is 0 Å². The van der Waals surface area contributed by atoms with Gasteiger partial charge in [-0.15, -0.1) is 0 Å². The lowest BCUT2D eigenvalue weighted by molar-refractivity contribution is -0.0395. The van der Waals surface area contributed by atoms with Crippen LogP contribution in [0.1, 0.15) is 12.6 Å². The van der Waals surface area contributed by atoms with Gasteiger partial charge in [-0.3, -0.25) is 14.3 Å².